The Morgan fingerprint density at radius 3 is 2.70 bits per heavy atom. The number of hydrogen-bond donors (Lipinski definition) is 0. The highest BCUT2D eigenvalue weighted by Gasteiger charge is 2.32. The Bertz CT molecular complexity index is 1090. The van der Waals surface area contributed by atoms with Gasteiger partial charge in [0.2, 0.25) is 0 Å². The van der Waals surface area contributed by atoms with Crippen LogP contribution in [0.2, 0.25) is 0 Å². The molecule has 3 rings (SSSR count). The third-order valence-electron chi connectivity index (χ3n) is 4.39. The summed E-state index contributed by atoms with van der Waals surface area (Å²) in [6.07, 6.45) is 1.54. The number of aromatic nitrogens is 2. The van der Waals surface area contributed by atoms with Crippen LogP contribution in [0, 0.1) is 6.92 Å². The lowest BCUT2D eigenvalue weighted by Gasteiger charge is -2.21. The molecule has 1 aromatic heterocycles. The number of benzene rings is 1. The number of rotatable bonds is 4. The Labute approximate surface area is 155 Å². The molecule has 0 aliphatic carbocycles. The van der Waals surface area contributed by atoms with Crippen LogP contribution in [0.5, 0.6) is 0 Å². The van der Waals surface area contributed by atoms with E-state index in [9.17, 15) is 18.0 Å². The van der Waals surface area contributed by atoms with E-state index in [1.54, 1.807) is 13.8 Å². The van der Waals surface area contributed by atoms with Crippen LogP contribution in [0.25, 0.3) is 0 Å². The second-order valence-electron chi connectivity index (χ2n) is 5.95. The first-order valence-electron chi connectivity index (χ1n) is 8.28. The first-order valence-corrected chi connectivity index (χ1v) is 9.93. The van der Waals surface area contributed by atoms with Crippen molar-refractivity contribution in [2.24, 2.45) is 5.16 Å². The number of fused-ring (bicyclic) bond motifs is 1. The Morgan fingerprint density at radius 2 is 2.04 bits per heavy atom. The quantitative estimate of drug-likeness (QED) is 0.710. The van der Waals surface area contributed by atoms with E-state index in [1.807, 2.05) is 0 Å². The van der Waals surface area contributed by atoms with Crippen molar-refractivity contribution in [2.45, 2.75) is 31.7 Å². The van der Waals surface area contributed by atoms with Gasteiger partial charge >= 0.3 is 5.97 Å². The van der Waals surface area contributed by atoms with Gasteiger partial charge in [-0.3, -0.25) is 4.79 Å². The van der Waals surface area contributed by atoms with Gasteiger partial charge in [0.05, 0.1) is 28.1 Å². The summed E-state index contributed by atoms with van der Waals surface area (Å²) in [7, 11) is -2.09. The maximum Gasteiger partial charge on any atom is 0.365 e. The number of nitrogens with zero attached hydrogens (tertiary/aromatic N) is 3. The zero-order chi connectivity index (χ0) is 19.8. The average Bonchev–Trinajstić information content (AvgIpc) is 2.97. The van der Waals surface area contributed by atoms with Crippen molar-refractivity contribution in [3.63, 3.8) is 0 Å². The Hall–Kier alpha value is -2.88. The minimum Gasteiger partial charge on any atom is -0.399 e. The second-order valence-corrected chi connectivity index (χ2v) is 8.03. The molecule has 1 aliphatic rings. The molecule has 9 nitrogen and oxygen atoms in total. The monoisotopic (exact) mass is 393 g/mol. The summed E-state index contributed by atoms with van der Waals surface area (Å²) < 4.78 is 26.0. The number of hydrogen-bond acceptors (Lipinski definition) is 7. The van der Waals surface area contributed by atoms with E-state index in [4.69, 9.17) is 9.68 Å². The van der Waals surface area contributed by atoms with Gasteiger partial charge < -0.3 is 9.68 Å². The highest BCUT2D eigenvalue weighted by atomic mass is 32.2. The fourth-order valence-corrected chi connectivity index (χ4v) is 4.63. The summed E-state index contributed by atoms with van der Waals surface area (Å²) in [6, 6.07) is 4.06. The smallest absolute Gasteiger partial charge is 0.365 e. The molecular formula is C17H19N3O6S. The summed E-state index contributed by atoms with van der Waals surface area (Å²) in [5, 5.41) is 3.92. The molecule has 0 atom stereocenters. The van der Waals surface area contributed by atoms with E-state index >= 15 is 0 Å². The summed E-state index contributed by atoms with van der Waals surface area (Å²) in [5.74, 6) is -0.787. The Balaban J connectivity index is 2.08. The summed E-state index contributed by atoms with van der Waals surface area (Å²) >= 11 is 0. The molecule has 0 unspecified atom stereocenters. The van der Waals surface area contributed by atoms with E-state index in [0.29, 0.717) is 23.4 Å². The predicted octanol–water partition coefficient (Wildman–Crippen LogP) is 0.775. The lowest BCUT2D eigenvalue weighted by atomic mass is 9.97. The summed E-state index contributed by atoms with van der Waals surface area (Å²) in [6.45, 7) is 3.70. The zero-order valence-corrected chi connectivity index (χ0v) is 15.9. The van der Waals surface area contributed by atoms with Crippen LogP contribution in [0.4, 0.5) is 0 Å². The van der Waals surface area contributed by atoms with Crippen molar-refractivity contribution in [2.75, 3.05) is 12.9 Å². The Kier molecular flexibility index (Phi) is 4.92. The first-order chi connectivity index (χ1) is 12.8. The standard InChI is InChI=1S/C17H19N3O6S/c1-4-19-15(21)7-9-20(19)26-17(22)12-5-6-14-16(11(12)2)13(18-25-3)8-10-27(14,23)24/h5-7,9H,4,8,10H2,1-3H3/b18-13+. The molecule has 0 amide bonds. The largest absolute Gasteiger partial charge is 0.399 e. The SMILES string of the molecule is CCn1c(=O)ccn1OC(=O)c1ccc2c(c1C)/C(=N/OC)CCS2(=O)=O. The lowest BCUT2D eigenvalue weighted by molar-refractivity contribution is 0.0307. The molecule has 2 heterocycles. The average molecular weight is 393 g/mol. The number of sulfone groups is 1. The second kappa shape index (κ2) is 7.03. The molecule has 0 saturated heterocycles. The van der Waals surface area contributed by atoms with Crippen LogP contribution >= 0.6 is 0 Å². The van der Waals surface area contributed by atoms with E-state index in [1.165, 1.54) is 36.2 Å². The molecule has 27 heavy (non-hydrogen) atoms. The lowest BCUT2D eigenvalue weighted by Crippen LogP contribution is -2.31. The van der Waals surface area contributed by atoms with Crippen molar-refractivity contribution >= 4 is 21.5 Å². The normalized spacial score (nSPS) is 16.8. The van der Waals surface area contributed by atoms with Gasteiger partial charge in [-0.25, -0.2) is 17.9 Å². The molecule has 0 bridgehead atoms. The molecular weight excluding hydrogens is 374 g/mol. The van der Waals surface area contributed by atoms with Crippen molar-refractivity contribution in [3.05, 3.63) is 51.4 Å². The van der Waals surface area contributed by atoms with Gasteiger partial charge in [0, 0.05) is 24.6 Å². The molecule has 0 fully saturated rings. The van der Waals surface area contributed by atoms with Gasteiger partial charge in [0.1, 0.15) is 7.11 Å². The van der Waals surface area contributed by atoms with Crippen molar-refractivity contribution < 1.29 is 22.9 Å². The van der Waals surface area contributed by atoms with Crippen molar-refractivity contribution in [1.82, 2.24) is 9.53 Å². The third-order valence-corrected chi connectivity index (χ3v) is 6.14. The van der Waals surface area contributed by atoms with Crippen LogP contribution < -0.4 is 10.4 Å². The molecule has 1 aromatic carbocycles. The van der Waals surface area contributed by atoms with Gasteiger partial charge in [-0.1, -0.05) is 5.16 Å². The van der Waals surface area contributed by atoms with E-state index in [-0.39, 0.29) is 28.2 Å². The van der Waals surface area contributed by atoms with Crippen LogP contribution in [-0.4, -0.2) is 42.5 Å². The highest BCUT2D eigenvalue weighted by molar-refractivity contribution is 7.91. The van der Waals surface area contributed by atoms with Crippen molar-refractivity contribution in [3.8, 4) is 0 Å². The maximum atomic E-state index is 12.6. The number of carbonyl (C=O) groups excluding carboxylic acids is 1. The predicted molar refractivity (Wildman–Crippen MR) is 96.7 cm³/mol. The number of oxime groups is 1. The van der Waals surface area contributed by atoms with Crippen LogP contribution in [0.15, 0.2) is 39.2 Å². The molecule has 10 heteroatoms. The van der Waals surface area contributed by atoms with Crippen molar-refractivity contribution in [1.29, 1.82) is 0 Å². The minimum atomic E-state index is -3.46. The molecule has 0 spiro atoms. The van der Waals surface area contributed by atoms with Gasteiger partial charge in [0.15, 0.2) is 9.84 Å². The fraction of sp³-hybridized carbons (Fsp3) is 0.353. The topological polar surface area (TPSA) is 109 Å². The molecule has 0 N–H and O–H groups in total. The molecule has 0 radical (unpaired) electrons. The van der Waals surface area contributed by atoms with Gasteiger partial charge in [0.25, 0.3) is 5.56 Å². The molecule has 144 valence electrons. The van der Waals surface area contributed by atoms with Crippen LogP contribution in [-0.2, 0) is 21.2 Å². The van der Waals surface area contributed by atoms with E-state index in [2.05, 4.69) is 5.16 Å². The summed E-state index contributed by atoms with van der Waals surface area (Å²) in [4.78, 5) is 35.6. The first kappa shape index (κ1) is 18.9. The molecule has 0 saturated carbocycles. The fourth-order valence-electron chi connectivity index (χ4n) is 3.09. The summed E-state index contributed by atoms with van der Waals surface area (Å²) in [5.41, 5.74) is 1.12. The third kappa shape index (κ3) is 3.27. The number of carbonyl (C=O) groups is 1. The van der Waals surface area contributed by atoms with Crippen LogP contribution in [0.3, 0.4) is 0 Å². The Morgan fingerprint density at radius 1 is 1.30 bits per heavy atom. The maximum absolute atomic E-state index is 12.6. The van der Waals surface area contributed by atoms with Gasteiger partial charge in [-0.05, 0) is 31.5 Å². The minimum absolute atomic E-state index is 0.0719. The van der Waals surface area contributed by atoms with Crippen LogP contribution in [0.1, 0.15) is 34.8 Å². The van der Waals surface area contributed by atoms with Gasteiger partial charge in [-0.2, -0.15) is 0 Å². The zero-order valence-electron chi connectivity index (χ0n) is 15.1. The highest BCUT2D eigenvalue weighted by Crippen LogP contribution is 2.30. The van der Waals surface area contributed by atoms with E-state index in [0.717, 1.165) is 4.85 Å². The van der Waals surface area contributed by atoms with Gasteiger partial charge in [-0.15, -0.1) is 4.85 Å². The molecule has 2 aromatic rings. The molecule has 1 aliphatic heterocycles. The van der Waals surface area contributed by atoms with E-state index < -0.39 is 15.8 Å².